The number of allylic oxidation sites excluding steroid dienone is 9. The standard InChI is InChI=1S/C66H125N2O6P/c1-6-8-10-12-14-16-18-20-22-24-26-28-30-32-33-34-35-36-38-40-42-44-46-48-50-52-54-56-58-60-66(70)67-64(63-74-75(71,72)73-62-61-68(3,4)5)65(69)59-57-55-53-51-49-47-45-43-41-39-37-31-29-27-25-23-21-19-17-15-13-11-9-7-2/h18,20,24,26,41,43,49,51,57,59,64-65,69H,6-17,19,21-23,25,27-40,42,44-48,50,52-56,58,60-63H2,1-5H3,(H-,67,70,71,72)/p+1/b20-18-,26-24-,43-41+,51-49+,59-57+. The quantitative estimate of drug-likeness (QED) is 0.0243. The highest BCUT2D eigenvalue weighted by Crippen LogP contribution is 2.43. The van der Waals surface area contributed by atoms with E-state index < -0.39 is 20.0 Å². The number of likely N-dealkylation sites (N-methyl/N-ethyl adjacent to an activating group) is 1. The molecule has 0 saturated heterocycles. The number of carbonyl (C=O) groups excluding carboxylic acids is 1. The summed E-state index contributed by atoms with van der Waals surface area (Å²) < 4.78 is 23.7. The molecule has 0 saturated carbocycles. The van der Waals surface area contributed by atoms with Crippen molar-refractivity contribution in [3.63, 3.8) is 0 Å². The number of phosphoric ester groups is 1. The zero-order chi connectivity index (χ0) is 54.9. The third-order valence-corrected chi connectivity index (χ3v) is 15.4. The van der Waals surface area contributed by atoms with Gasteiger partial charge in [0.15, 0.2) is 0 Å². The van der Waals surface area contributed by atoms with Crippen LogP contribution in [0.1, 0.15) is 303 Å². The SMILES string of the molecule is CCCCCCC/C=C\C/C=C\CCCCCCCCCCCCCCCCCCCC(=O)NC(COP(=O)(O)OCC[N+](C)(C)C)C(O)/C=C/CC/C=C/CC/C=C/CCCCCCCCCCCCCCCC. The first-order valence-electron chi connectivity index (χ1n) is 32.2. The van der Waals surface area contributed by atoms with Crippen LogP contribution in [-0.4, -0.2) is 73.4 Å². The number of unbranched alkanes of at least 4 members (excludes halogenated alkanes) is 38. The molecule has 0 spiro atoms. The molecule has 0 aromatic rings. The summed E-state index contributed by atoms with van der Waals surface area (Å²) in [6.45, 7) is 4.81. The molecule has 0 rings (SSSR count). The molecule has 9 heteroatoms. The van der Waals surface area contributed by atoms with Gasteiger partial charge < -0.3 is 19.8 Å². The lowest BCUT2D eigenvalue weighted by Crippen LogP contribution is -2.45. The van der Waals surface area contributed by atoms with E-state index in [2.05, 4.69) is 67.8 Å². The number of hydrogen-bond donors (Lipinski definition) is 3. The van der Waals surface area contributed by atoms with Crippen LogP contribution in [0.25, 0.3) is 0 Å². The van der Waals surface area contributed by atoms with Crippen molar-refractivity contribution < 1.29 is 32.9 Å². The zero-order valence-corrected chi connectivity index (χ0v) is 51.2. The highest BCUT2D eigenvalue weighted by atomic mass is 31.2. The number of rotatable bonds is 59. The number of hydrogen-bond acceptors (Lipinski definition) is 5. The fourth-order valence-electron chi connectivity index (χ4n) is 9.40. The lowest BCUT2D eigenvalue weighted by Gasteiger charge is -2.25. The molecule has 0 aromatic heterocycles. The van der Waals surface area contributed by atoms with E-state index in [9.17, 15) is 19.4 Å². The van der Waals surface area contributed by atoms with Crippen molar-refractivity contribution in [2.24, 2.45) is 0 Å². The summed E-state index contributed by atoms with van der Waals surface area (Å²) in [6.07, 6.45) is 77.8. The Kier molecular flexibility index (Phi) is 55.5. The summed E-state index contributed by atoms with van der Waals surface area (Å²) in [5.74, 6) is -0.188. The van der Waals surface area contributed by atoms with Gasteiger partial charge in [0.2, 0.25) is 5.91 Å². The maximum atomic E-state index is 13.0. The average molecular weight is 1070 g/mol. The maximum Gasteiger partial charge on any atom is 0.472 e. The largest absolute Gasteiger partial charge is 0.472 e. The number of aliphatic hydroxyl groups excluding tert-OH is 1. The van der Waals surface area contributed by atoms with E-state index in [-0.39, 0.29) is 19.1 Å². The van der Waals surface area contributed by atoms with Crippen molar-refractivity contribution in [1.29, 1.82) is 0 Å². The molecule has 1 amide bonds. The number of amides is 1. The molecule has 75 heavy (non-hydrogen) atoms. The molecule has 0 fully saturated rings. The molecule has 3 unspecified atom stereocenters. The summed E-state index contributed by atoms with van der Waals surface area (Å²) >= 11 is 0. The van der Waals surface area contributed by atoms with Crippen LogP contribution >= 0.6 is 7.82 Å². The molecule has 0 bridgehead atoms. The van der Waals surface area contributed by atoms with Crippen molar-refractivity contribution in [3.05, 3.63) is 60.8 Å². The van der Waals surface area contributed by atoms with Gasteiger partial charge in [0.1, 0.15) is 13.2 Å². The zero-order valence-electron chi connectivity index (χ0n) is 50.3. The number of aliphatic hydroxyl groups is 1. The van der Waals surface area contributed by atoms with Gasteiger partial charge in [-0.25, -0.2) is 4.57 Å². The number of nitrogens with zero attached hydrogens (tertiary/aromatic N) is 1. The molecule has 8 nitrogen and oxygen atoms in total. The fraction of sp³-hybridized carbons (Fsp3) is 0.833. The van der Waals surface area contributed by atoms with Gasteiger partial charge in [-0.3, -0.25) is 13.8 Å². The Bertz CT molecular complexity index is 1400. The normalized spacial score (nSPS) is 14.2. The predicted octanol–water partition coefficient (Wildman–Crippen LogP) is 20.0. The monoisotopic (exact) mass is 1070 g/mol. The highest BCUT2D eigenvalue weighted by Gasteiger charge is 2.27. The fourth-order valence-corrected chi connectivity index (χ4v) is 10.1. The van der Waals surface area contributed by atoms with Crippen molar-refractivity contribution >= 4 is 13.7 Å². The lowest BCUT2D eigenvalue weighted by atomic mass is 10.0. The van der Waals surface area contributed by atoms with Gasteiger partial charge in [-0.15, -0.1) is 0 Å². The van der Waals surface area contributed by atoms with Crippen LogP contribution in [-0.2, 0) is 18.4 Å². The third-order valence-electron chi connectivity index (χ3n) is 14.4. The lowest BCUT2D eigenvalue weighted by molar-refractivity contribution is -0.870. The summed E-state index contributed by atoms with van der Waals surface area (Å²) in [7, 11) is 1.55. The topological polar surface area (TPSA) is 105 Å². The first kappa shape index (κ1) is 73.2. The van der Waals surface area contributed by atoms with Gasteiger partial charge in [-0.05, 0) is 77.0 Å². The first-order valence-corrected chi connectivity index (χ1v) is 33.7. The van der Waals surface area contributed by atoms with Crippen molar-refractivity contribution in [2.75, 3.05) is 40.9 Å². The minimum Gasteiger partial charge on any atom is -0.387 e. The second-order valence-corrected chi connectivity index (χ2v) is 24.6. The minimum absolute atomic E-state index is 0.0531. The molecule has 3 atom stereocenters. The van der Waals surface area contributed by atoms with E-state index in [1.165, 1.54) is 231 Å². The molecule has 0 aliphatic heterocycles. The van der Waals surface area contributed by atoms with Gasteiger partial charge in [0, 0.05) is 6.42 Å². The van der Waals surface area contributed by atoms with Crippen LogP contribution in [0.3, 0.4) is 0 Å². The Hall–Kier alpha value is -1.80. The number of quaternary nitrogens is 1. The number of nitrogens with one attached hydrogen (secondary N) is 1. The van der Waals surface area contributed by atoms with Gasteiger partial charge >= 0.3 is 7.82 Å². The van der Waals surface area contributed by atoms with Crippen LogP contribution in [0.5, 0.6) is 0 Å². The summed E-state index contributed by atoms with van der Waals surface area (Å²) in [5.41, 5.74) is 0. The minimum atomic E-state index is -4.36. The summed E-state index contributed by atoms with van der Waals surface area (Å²) in [4.78, 5) is 23.4. The Balaban J connectivity index is 4.18. The first-order chi connectivity index (χ1) is 36.5. The summed E-state index contributed by atoms with van der Waals surface area (Å²) in [5, 5.41) is 14.0. The molecule has 440 valence electrons. The van der Waals surface area contributed by atoms with E-state index in [4.69, 9.17) is 9.05 Å². The van der Waals surface area contributed by atoms with Crippen molar-refractivity contribution in [1.82, 2.24) is 5.32 Å². The van der Waals surface area contributed by atoms with Crippen molar-refractivity contribution in [2.45, 2.75) is 315 Å². The molecular formula is C66H126N2O6P+. The molecule has 0 radical (unpaired) electrons. The van der Waals surface area contributed by atoms with Gasteiger partial charge in [-0.2, -0.15) is 0 Å². The van der Waals surface area contributed by atoms with E-state index in [0.717, 1.165) is 51.4 Å². The van der Waals surface area contributed by atoms with Crippen molar-refractivity contribution in [3.8, 4) is 0 Å². The second kappa shape index (κ2) is 56.9. The van der Waals surface area contributed by atoms with E-state index in [0.29, 0.717) is 17.4 Å². The molecule has 3 N–H and O–H groups in total. The number of carbonyl (C=O) groups is 1. The maximum absolute atomic E-state index is 13.0. The molecule has 0 heterocycles. The molecule has 0 aliphatic carbocycles. The Morgan fingerprint density at radius 2 is 0.773 bits per heavy atom. The Morgan fingerprint density at radius 3 is 1.15 bits per heavy atom. The number of phosphoric acid groups is 1. The average Bonchev–Trinajstić information content (AvgIpc) is 3.37. The molecule has 0 aromatic carbocycles. The summed E-state index contributed by atoms with van der Waals surface area (Å²) in [6, 6.07) is -0.872. The third kappa shape index (κ3) is 59.7. The predicted molar refractivity (Wildman–Crippen MR) is 327 cm³/mol. The van der Waals surface area contributed by atoms with E-state index in [1.54, 1.807) is 6.08 Å². The molecular weight excluding hydrogens is 948 g/mol. The molecule has 0 aliphatic rings. The van der Waals surface area contributed by atoms with Crippen LogP contribution in [0.4, 0.5) is 0 Å². The smallest absolute Gasteiger partial charge is 0.387 e. The Labute approximate surface area is 466 Å². The highest BCUT2D eigenvalue weighted by molar-refractivity contribution is 7.47. The van der Waals surface area contributed by atoms with Gasteiger partial charge in [0.25, 0.3) is 0 Å². The van der Waals surface area contributed by atoms with Crippen LogP contribution < -0.4 is 5.32 Å². The van der Waals surface area contributed by atoms with Gasteiger partial charge in [-0.1, -0.05) is 280 Å². The van der Waals surface area contributed by atoms with Crippen LogP contribution in [0.15, 0.2) is 60.8 Å². The Morgan fingerprint density at radius 1 is 0.453 bits per heavy atom. The van der Waals surface area contributed by atoms with E-state index in [1.807, 2.05) is 27.2 Å². The van der Waals surface area contributed by atoms with Crippen LogP contribution in [0.2, 0.25) is 0 Å². The van der Waals surface area contributed by atoms with Crippen LogP contribution in [0, 0.1) is 0 Å². The second-order valence-electron chi connectivity index (χ2n) is 23.1. The van der Waals surface area contributed by atoms with Gasteiger partial charge in [0.05, 0.1) is 39.9 Å². The van der Waals surface area contributed by atoms with E-state index >= 15 is 0 Å².